The van der Waals surface area contributed by atoms with E-state index in [1.165, 1.54) is 11.1 Å². The van der Waals surface area contributed by atoms with Crippen molar-refractivity contribution in [2.75, 3.05) is 0 Å². The van der Waals surface area contributed by atoms with Crippen molar-refractivity contribution < 1.29 is 9.31 Å². The molecule has 0 aromatic heterocycles. The maximum Gasteiger partial charge on any atom is 0.494 e. The van der Waals surface area contributed by atoms with E-state index in [0.29, 0.717) is 0 Å². The van der Waals surface area contributed by atoms with Gasteiger partial charge < -0.3 is 9.31 Å². The lowest BCUT2D eigenvalue weighted by atomic mass is 9.76. The van der Waals surface area contributed by atoms with Gasteiger partial charge in [-0.3, -0.25) is 0 Å². The molecular formula is C16H21BO2. The van der Waals surface area contributed by atoms with Gasteiger partial charge in [-0.1, -0.05) is 30.4 Å². The zero-order chi connectivity index (χ0) is 13.7. The second kappa shape index (κ2) is 4.22. The highest BCUT2D eigenvalue weighted by molar-refractivity contribution is 6.62. The number of fused-ring (bicyclic) bond motifs is 1. The summed E-state index contributed by atoms with van der Waals surface area (Å²) in [6, 6.07) is 6.58. The van der Waals surface area contributed by atoms with E-state index in [4.69, 9.17) is 9.31 Å². The summed E-state index contributed by atoms with van der Waals surface area (Å²) in [7, 11) is -0.249. The quantitative estimate of drug-likeness (QED) is 0.568. The predicted octanol–water partition coefficient (Wildman–Crippen LogP) is 2.64. The molecule has 0 N–H and O–H groups in total. The van der Waals surface area contributed by atoms with E-state index < -0.39 is 0 Å². The smallest absolute Gasteiger partial charge is 0.399 e. The standard InChI is InChI=1S/C16H21BO2/c1-15(2)16(3,4)19-17(18-15)14-10-9-12-7-5-6-8-13(12)11-14/h5-6,9-11H,7-8H2,1-4H3. The largest absolute Gasteiger partial charge is 0.494 e. The van der Waals surface area contributed by atoms with Crippen molar-refractivity contribution in [2.45, 2.75) is 51.7 Å². The van der Waals surface area contributed by atoms with E-state index in [1.807, 2.05) is 0 Å². The van der Waals surface area contributed by atoms with Crippen LogP contribution in [-0.2, 0) is 22.2 Å². The van der Waals surface area contributed by atoms with Gasteiger partial charge in [0.25, 0.3) is 0 Å². The number of hydrogen-bond donors (Lipinski definition) is 0. The highest BCUT2D eigenvalue weighted by atomic mass is 16.7. The maximum absolute atomic E-state index is 6.10. The third-order valence-corrected chi connectivity index (χ3v) is 4.60. The van der Waals surface area contributed by atoms with Crippen molar-refractivity contribution in [1.29, 1.82) is 0 Å². The Bertz CT molecular complexity index is 516. The van der Waals surface area contributed by atoms with Crippen LogP contribution in [0.4, 0.5) is 0 Å². The zero-order valence-corrected chi connectivity index (χ0v) is 12.2. The number of hydrogen-bond acceptors (Lipinski definition) is 2. The molecule has 1 aromatic rings. The Balaban J connectivity index is 1.89. The van der Waals surface area contributed by atoms with Gasteiger partial charge in [0.1, 0.15) is 0 Å². The molecule has 1 fully saturated rings. The lowest BCUT2D eigenvalue weighted by Gasteiger charge is -2.32. The van der Waals surface area contributed by atoms with Crippen LogP contribution in [0.1, 0.15) is 38.8 Å². The Morgan fingerprint density at radius 1 is 0.895 bits per heavy atom. The minimum atomic E-state index is -0.270. The van der Waals surface area contributed by atoms with Crippen molar-refractivity contribution in [3.8, 4) is 0 Å². The first kappa shape index (κ1) is 13.0. The van der Waals surface area contributed by atoms with Crippen LogP contribution in [0.25, 0.3) is 0 Å². The van der Waals surface area contributed by atoms with Crippen molar-refractivity contribution in [3.63, 3.8) is 0 Å². The van der Waals surface area contributed by atoms with E-state index in [1.54, 1.807) is 0 Å². The van der Waals surface area contributed by atoms with Crippen LogP contribution in [0.3, 0.4) is 0 Å². The summed E-state index contributed by atoms with van der Waals surface area (Å²) in [5, 5.41) is 0. The summed E-state index contributed by atoms with van der Waals surface area (Å²) >= 11 is 0. The van der Waals surface area contributed by atoms with Crippen LogP contribution in [0.5, 0.6) is 0 Å². The fraction of sp³-hybridized carbons (Fsp3) is 0.500. The minimum absolute atomic E-state index is 0.249. The fourth-order valence-corrected chi connectivity index (χ4v) is 2.58. The van der Waals surface area contributed by atoms with Gasteiger partial charge in [-0.25, -0.2) is 0 Å². The molecule has 1 aliphatic heterocycles. The molecule has 0 spiro atoms. The first-order valence-corrected chi connectivity index (χ1v) is 7.01. The molecule has 0 amide bonds. The Hall–Kier alpha value is -1.06. The molecule has 3 rings (SSSR count). The summed E-state index contributed by atoms with van der Waals surface area (Å²) in [6.45, 7) is 8.37. The summed E-state index contributed by atoms with van der Waals surface area (Å²) in [5.74, 6) is 0. The molecular weight excluding hydrogens is 235 g/mol. The highest BCUT2D eigenvalue weighted by Gasteiger charge is 2.51. The summed E-state index contributed by atoms with van der Waals surface area (Å²) in [5.41, 5.74) is 3.41. The average molecular weight is 256 g/mol. The molecule has 0 bridgehead atoms. The van der Waals surface area contributed by atoms with Crippen LogP contribution in [0.15, 0.2) is 30.4 Å². The Morgan fingerprint density at radius 3 is 2.11 bits per heavy atom. The molecule has 0 radical (unpaired) electrons. The Kier molecular flexibility index (Phi) is 2.88. The molecule has 1 aliphatic carbocycles. The molecule has 0 unspecified atom stereocenters. The molecule has 3 heteroatoms. The molecule has 19 heavy (non-hydrogen) atoms. The van der Waals surface area contributed by atoms with E-state index >= 15 is 0 Å². The third kappa shape index (κ3) is 2.15. The lowest BCUT2D eigenvalue weighted by molar-refractivity contribution is 0.00578. The second-order valence-electron chi connectivity index (χ2n) is 6.50. The van der Waals surface area contributed by atoms with Crippen LogP contribution >= 0.6 is 0 Å². The van der Waals surface area contributed by atoms with Crippen LogP contribution in [-0.4, -0.2) is 18.3 Å². The molecule has 2 nitrogen and oxygen atoms in total. The van der Waals surface area contributed by atoms with Crippen LogP contribution in [0.2, 0.25) is 0 Å². The highest BCUT2D eigenvalue weighted by Crippen LogP contribution is 2.36. The van der Waals surface area contributed by atoms with E-state index in [9.17, 15) is 0 Å². The molecule has 1 aromatic carbocycles. The van der Waals surface area contributed by atoms with Crippen molar-refractivity contribution in [2.24, 2.45) is 0 Å². The summed E-state index contributed by atoms with van der Waals surface area (Å²) < 4.78 is 12.2. The molecule has 1 saturated heterocycles. The van der Waals surface area contributed by atoms with Gasteiger partial charge in [0.15, 0.2) is 0 Å². The first-order chi connectivity index (χ1) is 8.89. The average Bonchev–Trinajstić information content (AvgIpc) is 2.58. The predicted molar refractivity (Wildman–Crippen MR) is 78.7 cm³/mol. The van der Waals surface area contributed by atoms with Crippen LogP contribution in [0, 0.1) is 0 Å². The van der Waals surface area contributed by atoms with Gasteiger partial charge in [0.05, 0.1) is 11.2 Å². The van der Waals surface area contributed by atoms with Gasteiger partial charge in [0, 0.05) is 0 Å². The molecule has 1 heterocycles. The maximum atomic E-state index is 6.10. The summed E-state index contributed by atoms with van der Waals surface area (Å²) in [6.07, 6.45) is 6.52. The molecule has 0 saturated carbocycles. The molecule has 0 atom stereocenters. The Morgan fingerprint density at radius 2 is 1.47 bits per heavy atom. The fourth-order valence-electron chi connectivity index (χ4n) is 2.58. The van der Waals surface area contributed by atoms with Crippen molar-refractivity contribution >= 4 is 12.6 Å². The van der Waals surface area contributed by atoms with Gasteiger partial charge >= 0.3 is 7.12 Å². The van der Waals surface area contributed by atoms with Crippen molar-refractivity contribution in [3.05, 3.63) is 41.5 Å². The van der Waals surface area contributed by atoms with Crippen molar-refractivity contribution in [1.82, 2.24) is 0 Å². The van der Waals surface area contributed by atoms with Gasteiger partial charge in [-0.15, -0.1) is 0 Å². The SMILES string of the molecule is CC1(C)OB(c2ccc3c(c2)CC=CC3)OC1(C)C. The topological polar surface area (TPSA) is 18.5 Å². The minimum Gasteiger partial charge on any atom is -0.399 e. The lowest BCUT2D eigenvalue weighted by Crippen LogP contribution is -2.41. The Labute approximate surface area is 115 Å². The number of benzene rings is 1. The molecule has 2 aliphatic rings. The van der Waals surface area contributed by atoms with Gasteiger partial charge in [0.2, 0.25) is 0 Å². The number of allylic oxidation sites excluding steroid dienone is 2. The number of rotatable bonds is 1. The van der Waals surface area contributed by atoms with Gasteiger partial charge in [-0.05, 0) is 57.1 Å². The summed E-state index contributed by atoms with van der Waals surface area (Å²) in [4.78, 5) is 0. The monoisotopic (exact) mass is 256 g/mol. The van der Waals surface area contributed by atoms with Crippen LogP contribution < -0.4 is 5.46 Å². The molecule has 100 valence electrons. The van der Waals surface area contributed by atoms with E-state index in [2.05, 4.69) is 58.0 Å². The zero-order valence-electron chi connectivity index (χ0n) is 12.2. The third-order valence-electron chi connectivity index (χ3n) is 4.60. The second-order valence-corrected chi connectivity index (χ2v) is 6.50. The first-order valence-electron chi connectivity index (χ1n) is 7.01. The van der Waals surface area contributed by atoms with E-state index in [0.717, 1.165) is 18.3 Å². The van der Waals surface area contributed by atoms with E-state index in [-0.39, 0.29) is 18.3 Å². The van der Waals surface area contributed by atoms with Gasteiger partial charge in [-0.2, -0.15) is 0 Å². The normalized spacial score (nSPS) is 23.5.